The summed E-state index contributed by atoms with van der Waals surface area (Å²) >= 11 is 0. The predicted molar refractivity (Wildman–Crippen MR) is 31.5 cm³/mol. The number of hydrogen-bond donors (Lipinski definition) is 0. The van der Waals surface area contributed by atoms with Crippen molar-refractivity contribution in [1.82, 2.24) is 0 Å². The van der Waals surface area contributed by atoms with Crippen molar-refractivity contribution >= 4 is 7.82 Å². The maximum absolute atomic E-state index is 11.5. The summed E-state index contributed by atoms with van der Waals surface area (Å²) in [7, 11) is -3.60. The van der Waals surface area contributed by atoms with E-state index in [0.717, 1.165) is 0 Å². The minimum Gasteiger partial charge on any atom is -0.284 e. The van der Waals surface area contributed by atoms with Gasteiger partial charge in [0.25, 0.3) is 6.43 Å². The maximum atomic E-state index is 11.5. The fourth-order valence-electron chi connectivity index (χ4n) is 0.558. The van der Waals surface area contributed by atoms with Gasteiger partial charge < -0.3 is 0 Å². The lowest BCUT2D eigenvalue weighted by atomic mass is 10.8. The van der Waals surface area contributed by atoms with E-state index in [4.69, 9.17) is 0 Å². The Morgan fingerprint density at radius 1 is 1.45 bits per heavy atom. The molecule has 0 aliphatic carbocycles. The molecule has 0 spiro atoms. The zero-order valence-corrected chi connectivity index (χ0v) is 6.43. The lowest BCUT2D eigenvalue weighted by molar-refractivity contribution is 0.0624. The summed E-state index contributed by atoms with van der Waals surface area (Å²) in [6.45, 7) is -0.668. The Kier molecular flexibility index (Phi) is 2.95. The first kappa shape index (κ1) is 9.06. The van der Waals surface area contributed by atoms with Crippen LogP contribution in [0.5, 0.6) is 0 Å². The molecular weight excluding hydrogens is 181 g/mol. The Hall–Kier alpha value is -0.0300. The standard InChI is InChI=1S/C4H7F2O4P/c5-4(6)3-10-11(7)8-1-2-9-11/h4H,1-3H2. The Bertz CT molecular complexity index is 163. The second-order valence-electron chi connectivity index (χ2n) is 1.80. The summed E-state index contributed by atoms with van der Waals surface area (Å²) in [5.74, 6) is 0. The van der Waals surface area contributed by atoms with Gasteiger partial charge in [0.2, 0.25) is 0 Å². The third kappa shape index (κ3) is 2.83. The van der Waals surface area contributed by atoms with Crippen molar-refractivity contribution in [1.29, 1.82) is 0 Å². The van der Waals surface area contributed by atoms with E-state index >= 15 is 0 Å². The van der Waals surface area contributed by atoms with E-state index in [2.05, 4.69) is 13.6 Å². The molecule has 0 aromatic rings. The maximum Gasteiger partial charge on any atom is 0.475 e. The van der Waals surface area contributed by atoms with Crippen LogP contribution in [0, 0.1) is 0 Å². The molecule has 1 aliphatic heterocycles. The fraction of sp³-hybridized carbons (Fsp3) is 1.00. The lowest BCUT2D eigenvalue weighted by Gasteiger charge is -2.07. The number of halogens is 2. The third-order valence-electron chi connectivity index (χ3n) is 0.941. The molecule has 11 heavy (non-hydrogen) atoms. The summed E-state index contributed by atoms with van der Waals surface area (Å²) in [6, 6.07) is 0. The van der Waals surface area contributed by atoms with Crippen LogP contribution in [0.4, 0.5) is 8.78 Å². The minimum atomic E-state index is -3.60. The van der Waals surface area contributed by atoms with E-state index in [1.807, 2.05) is 0 Å². The first-order chi connectivity index (χ1) is 5.12. The molecule has 1 rings (SSSR count). The van der Waals surface area contributed by atoms with Gasteiger partial charge in [0, 0.05) is 0 Å². The molecule has 1 saturated heterocycles. The van der Waals surface area contributed by atoms with Crippen LogP contribution in [0.15, 0.2) is 0 Å². The first-order valence-corrected chi connectivity index (χ1v) is 4.40. The van der Waals surface area contributed by atoms with Crippen LogP contribution in [-0.2, 0) is 18.1 Å². The van der Waals surface area contributed by atoms with Crippen LogP contribution >= 0.6 is 7.82 Å². The molecule has 0 N–H and O–H groups in total. The number of phosphoric ester groups is 1. The van der Waals surface area contributed by atoms with Gasteiger partial charge >= 0.3 is 7.82 Å². The SMILES string of the molecule is O=P1(OCC(F)F)OCCO1. The van der Waals surface area contributed by atoms with Crippen molar-refractivity contribution in [2.45, 2.75) is 6.43 Å². The van der Waals surface area contributed by atoms with Gasteiger partial charge in [-0.1, -0.05) is 0 Å². The summed E-state index contributed by atoms with van der Waals surface area (Å²) in [5.41, 5.74) is 0. The quantitative estimate of drug-likeness (QED) is 0.628. The van der Waals surface area contributed by atoms with Gasteiger partial charge in [-0.05, 0) is 0 Å². The number of rotatable bonds is 3. The lowest BCUT2D eigenvalue weighted by Crippen LogP contribution is -2.02. The van der Waals surface area contributed by atoms with Crippen molar-refractivity contribution in [3.05, 3.63) is 0 Å². The van der Waals surface area contributed by atoms with Crippen molar-refractivity contribution in [3.8, 4) is 0 Å². The van der Waals surface area contributed by atoms with E-state index in [0.29, 0.717) is 0 Å². The molecule has 0 saturated carbocycles. The molecule has 66 valence electrons. The number of phosphoric acid groups is 1. The van der Waals surface area contributed by atoms with Crippen LogP contribution in [0.2, 0.25) is 0 Å². The fourth-order valence-corrected chi connectivity index (χ4v) is 1.67. The number of hydrogen-bond acceptors (Lipinski definition) is 4. The van der Waals surface area contributed by atoms with Crippen molar-refractivity contribution in [2.75, 3.05) is 19.8 Å². The molecule has 7 heteroatoms. The van der Waals surface area contributed by atoms with E-state index in [-0.39, 0.29) is 13.2 Å². The normalized spacial score (nSPS) is 22.8. The molecule has 0 unspecified atom stereocenters. The van der Waals surface area contributed by atoms with Crippen LogP contribution in [0.1, 0.15) is 0 Å². The van der Waals surface area contributed by atoms with E-state index in [1.165, 1.54) is 0 Å². The van der Waals surface area contributed by atoms with E-state index in [1.54, 1.807) is 0 Å². The summed E-state index contributed by atoms with van der Waals surface area (Å²) in [4.78, 5) is 0. The van der Waals surface area contributed by atoms with Crippen molar-refractivity contribution < 1.29 is 26.9 Å². The van der Waals surface area contributed by atoms with E-state index in [9.17, 15) is 13.3 Å². The molecular formula is C4H7F2O4P. The van der Waals surface area contributed by atoms with Gasteiger partial charge in [-0.25, -0.2) is 13.3 Å². The highest BCUT2D eigenvalue weighted by molar-refractivity contribution is 7.48. The second-order valence-corrected chi connectivity index (χ2v) is 3.47. The molecule has 1 aliphatic rings. The molecule has 0 aromatic carbocycles. The molecule has 1 fully saturated rings. The van der Waals surface area contributed by atoms with Crippen molar-refractivity contribution in [2.24, 2.45) is 0 Å². The predicted octanol–water partition coefficient (Wildman–Crippen LogP) is 1.42. The van der Waals surface area contributed by atoms with Crippen LogP contribution in [0.25, 0.3) is 0 Å². The number of alkyl halides is 2. The minimum absolute atomic E-state index is 0.126. The smallest absolute Gasteiger partial charge is 0.284 e. The average molecular weight is 188 g/mol. The Balaban J connectivity index is 2.29. The highest BCUT2D eigenvalue weighted by atomic mass is 31.2. The highest BCUT2D eigenvalue weighted by Gasteiger charge is 2.32. The van der Waals surface area contributed by atoms with Gasteiger partial charge in [0.05, 0.1) is 13.2 Å². The second kappa shape index (κ2) is 3.58. The Labute approximate surface area is 62.0 Å². The third-order valence-corrected chi connectivity index (χ3v) is 2.40. The summed E-state index contributed by atoms with van der Waals surface area (Å²) < 4.78 is 47.1. The first-order valence-electron chi connectivity index (χ1n) is 2.94. The topological polar surface area (TPSA) is 44.8 Å². The molecule has 0 atom stereocenters. The van der Waals surface area contributed by atoms with Crippen molar-refractivity contribution in [3.63, 3.8) is 0 Å². The van der Waals surface area contributed by atoms with Crippen LogP contribution in [0.3, 0.4) is 0 Å². The summed E-state index contributed by atoms with van der Waals surface area (Å²) in [6.07, 6.45) is -2.66. The Morgan fingerprint density at radius 2 is 2.00 bits per heavy atom. The van der Waals surface area contributed by atoms with Gasteiger partial charge in [-0.3, -0.25) is 13.6 Å². The molecule has 4 nitrogen and oxygen atoms in total. The van der Waals surface area contributed by atoms with Gasteiger partial charge in [-0.15, -0.1) is 0 Å². The van der Waals surface area contributed by atoms with Gasteiger partial charge in [0.1, 0.15) is 6.61 Å². The molecule has 0 radical (unpaired) electrons. The molecule has 0 amide bonds. The van der Waals surface area contributed by atoms with Crippen LogP contribution < -0.4 is 0 Å². The van der Waals surface area contributed by atoms with Crippen LogP contribution in [-0.4, -0.2) is 26.2 Å². The van der Waals surface area contributed by atoms with E-state index < -0.39 is 20.9 Å². The molecule has 0 aromatic heterocycles. The Morgan fingerprint density at radius 3 is 2.45 bits per heavy atom. The average Bonchev–Trinajstić information content (AvgIpc) is 2.33. The van der Waals surface area contributed by atoms with Gasteiger partial charge in [-0.2, -0.15) is 0 Å². The summed E-state index contributed by atoms with van der Waals surface area (Å²) in [5, 5.41) is 0. The molecule has 0 bridgehead atoms. The molecule has 1 heterocycles. The monoisotopic (exact) mass is 188 g/mol. The zero-order chi connectivity index (χ0) is 8.32. The zero-order valence-electron chi connectivity index (χ0n) is 5.53. The van der Waals surface area contributed by atoms with Gasteiger partial charge in [0.15, 0.2) is 0 Å². The largest absolute Gasteiger partial charge is 0.475 e. The highest BCUT2D eigenvalue weighted by Crippen LogP contribution is 2.52.